The van der Waals surface area contributed by atoms with Crippen molar-refractivity contribution in [1.82, 2.24) is 9.78 Å². The predicted octanol–water partition coefficient (Wildman–Crippen LogP) is 3.72. The summed E-state index contributed by atoms with van der Waals surface area (Å²) in [6, 6.07) is 15.9. The Balaban J connectivity index is 1.76. The van der Waals surface area contributed by atoms with Gasteiger partial charge >= 0.3 is 5.97 Å². The summed E-state index contributed by atoms with van der Waals surface area (Å²) >= 11 is 0. The lowest BCUT2D eigenvalue weighted by molar-refractivity contribution is -0.140. The zero-order valence-electron chi connectivity index (χ0n) is 17.1. The van der Waals surface area contributed by atoms with Crippen molar-refractivity contribution < 1.29 is 14.3 Å². The van der Waals surface area contributed by atoms with Crippen LogP contribution in [0.25, 0.3) is 5.69 Å². The first-order valence-corrected chi connectivity index (χ1v) is 9.46. The maximum absolute atomic E-state index is 12.5. The van der Waals surface area contributed by atoms with E-state index in [9.17, 15) is 9.59 Å². The van der Waals surface area contributed by atoms with Crippen LogP contribution in [0.15, 0.2) is 48.5 Å². The molecule has 0 atom stereocenters. The van der Waals surface area contributed by atoms with Gasteiger partial charge in [0.25, 0.3) is 5.91 Å². The van der Waals surface area contributed by atoms with E-state index in [0.29, 0.717) is 29.7 Å². The van der Waals surface area contributed by atoms with Crippen LogP contribution in [0, 0.1) is 25.2 Å². The third-order valence-electron chi connectivity index (χ3n) is 4.87. The Hall–Kier alpha value is -3.92. The Morgan fingerprint density at radius 1 is 1.17 bits per heavy atom. The molecule has 0 aliphatic rings. The molecule has 0 radical (unpaired) electrons. The Bertz CT molecular complexity index is 1120. The highest BCUT2D eigenvalue weighted by Gasteiger charge is 2.15. The van der Waals surface area contributed by atoms with Crippen LogP contribution in [0.3, 0.4) is 0 Å². The molecule has 0 bridgehead atoms. The van der Waals surface area contributed by atoms with Gasteiger partial charge in [-0.05, 0) is 68.3 Å². The molecule has 7 heteroatoms. The van der Waals surface area contributed by atoms with Crippen LogP contribution < -0.4 is 5.32 Å². The van der Waals surface area contributed by atoms with E-state index in [0.717, 1.165) is 22.6 Å². The molecule has 3 aromatic rings. The lowest BCUT2D eigenvalue weighted by Crippen LogP contribution is -2.12. The van der Waals surface area contributed by atoms with Crippen LogP contribution in [0.2, 0.25) is 0 Å². The quantitative estimate of drug-likeness (QED) is 0.634. The van der Waals surface area contributed by atoms with Gasteiger partial charge in [0.2, 0.25) is 0 Å². The van der Waals surface area contributed by atoms with Gasteiger partial charge in [0.15, 0.2) is 0 Å². The number of amides is 1. The number of carbonyl (C=O) groups is 2. The number of nitriles is 1. The SMILES string of the molecule is COC(=O)CCc1c(C)nn(-c2ccc(C(=O)Nc3cccc(C#N)c3)cc2)c1C. The third kappa shape index (κ3) is 4.55. The molecular formula is C23H22N4O3. The second-order valence-corrected chi connectivity index (χ2v) is 6.83. The molecule has 0 saturated heterocycles. The number of esters is 1. The van der Waals surface area contributed by atoms with Gasteiger partial charge < -0.3 is 10.1 Å². The van der Waals surface area contributed by atoms with E-state index >= 15 is 0 Å². The van der Waals surface area contributed by atoms with Crippen molar-refractivity contribution in [3.8, 4) is 11.8 Å². The van der Waals surface area contributed by atoms with Gasteiger partial charge in [-0.15, -0.1) is 0 Å². The number of aromatic nitrogens is 2. The second kappa shape index (κ2) is 9.05. The fourth-order valence-corrected chi connectivity index (χ4v) is 3.24. The minimum absolute atomic E-state index is 0.253. The number of rotatable bonds is 6. The summed E-state index contributed by atoms with van der Waals surface area (Å²) in [6.45, 7) is 3.86. The molecule has 7 nitrogen and oxygen atoms in total. The third-order valence-corrected chi connectivity index (χ3v) is 4.87. The number of ether oxygens (including phenoxy) is 1. The smallest absolute Gasteiger partial charge is 0.305 e. The first kappa shape index (κ1) is 20.8. The average Bonchev–Trinajstić information content (AvgIpc) is 3.05. The van der Waals surface area contributed by atoms with Crippen molar-refractivity contribution in [3.05, 3.63) is 76.6 Å². The molecule has 0 spiro atoms. The molecular weight excluding hydrogens is 380 g/mol. The molecule has 2 aromatic carbocycles. The lowest BCUT2D eigenvalue weighted by atomic mass is 10.1. The molecule has 1 amide bonds. The molecule has 0 fully saturated rings. The largest absolute Gasteiger partial charge is 0.469 e. The van der Waals surface area contributed by atoms with Crippen molar-refractivity contribution in [1.29, 1.82) is 5.26 Å². The zero-order valence-corrected chi connectivity index (χ0v) is 17.1. The standard InChI is InChI=1S/C23H22N4O3/c1-15-21(11-12-22(28)30-3)16(2)27(26-15)20-9-7-18(8-10-20)23(29)25-19-6-4-5-17(13-19)14-24/h4-10,13H,11-12H2,1-3H3,(H,25,29). The molecule has 1 heterocycles. The number of hydrogen-bond donors (Lipinski definition) is 1. The zero-order chi connectivity index (χ0) is 21.7. The van der Waals surface area contributed by atoms with Crippen LogP contribution in [0.4, 0.5) is 5.69 Å². The Morgan fingerprint density at radius 3 is 2.57 bits per heavy atom. The molecule has 0 aliphatic heterocycles. The van der Waals surface area contributed by atoms with Crippen molar-refractivity contribution in [2.45, 2.75) is 26.7 Å². The van der Waals surface area contributed by atoms with Gasteiger partial charge in [-0.2, -0.15) is 10.4 Å². The van der Waals surface area contributed by atoms with Gasteiger partial charge in [0.1, 0.15) is 0 Å². The molecule has 152 valence electrons. The van der Waals surface area contributed by atoms with E-state index < -0.39 is 0 Å². The van der Waals surface area contributed by atoms with Crippen LogP contribution in [0.1, 0.15) is 39.3 Å². The van der Waals surface area contributed by atoms with Crippen LogP contribution in [-0.4, -0.2) is 28.8 Å². The Labute approximate surface area is 174 Å². The minimum Gasteiger partial charge on any atom is -0.469 e. The molecule has 0 saturated carbocycles. The Morgan fingerprint density at radius 2 is 1.90 bits per heavy atom. The van der Waals surface area contributed by atoms with Gasteiger partial charge in [0.05, 0.1) is 30.1 Å². The molecule has 1 N–H and O–H groups in total. The number of aryl methyl sites for hydroxylation is 1. The minimum atomic E-state index is -0.260. The maximum atomic E-state index is 12.5. The second-order valence-electron chi connectivity index (χ2n) is 6.83. The summed E-state index contributed by atoms with van der Waals surface area (Å²) in [5.74, 6) is -0.513. The Kier molecular flexibility index (Phi) is 6.28. The average molecular weight is 402 g/mol. The van der Waals surface area contributed by atoms with Crippen LogP contribution in [0.5, 0.6) is 0 Å². The number of benzene rings is 2. The highest BCUT2D eigenvalue weighted by atomic mass is 16.5. The number of nitrogens with one attached hydrogen (secondary N) is 1. The topological polar surface area (TPSA) is 97.0 Å². The number of carbonyl (C=O) groups excluding carboxylic acids is 2. The normalized spacial score (nSPS) is 10.3. The number of nitrogens with zero attached hydrogens (tertiary/aromatic N) is 3. The highest BCUT2D eigenvalue weighted by molar-refractivity contribution is 6.04. The first-order valence-electron chi connectivity index (χ1n) is 9.46. The molecule has 0 aliphatic carbocycles. The number of hydrogen-bond acceptors (Lipinski definition) is 5. The molecule has 3 rings (SSSR count). The predicted molar refractivity (Wildman–Crippen MR) is 112 cm³/mol. The summed E-state index contributed by atoms with van der Waals surface area (Å²) in [6.07, 6.45) is 0.864. The van der Waals surface area contributed by atoms with E-state index in [-0.39, 0.29) is 11.9 Å². The summed E-state index contributed by atoms with van der Waals surface area (Å²) in [5.41, 5.74) is 5.18. The van der Waals surface area contributed by atoms with E-state index in [1.807, 2.05) is 32.0 Å². The summed E-state index contributed by atoms with van der Waals surface area (Å²) in [5, 5.41) is 16.3. The molecule has 0 unspecified atom stereocenters. The van der Waals surface area contributed by atoms with Gasteiger partial charge in [-0.1, -0.05) is 6.07 Å². The summed E-state index contributed by atoms with van der Waals surface area (Å²) in [7, 11) is 1.38. The van der Waals surface area contributed by atoms with Crippen molar-refractivity contribution in [2.24, 2.45) is 0 Å². The lowest BCUT2D eigenvalue weighted by Gasteiger charge is -2.08. The van der Waals surface area contributed by atoms with E-state index in [1.54, 1.807) is 41.1 Å². The van der Waals surface area contributed by atoms with E-state index in [2.05, 4.69) is 10.4 Å². The van der Waals surface area contributed by atoms with E-state index in [1.165, 1.54) is 7.11 Å². The molecule has 30 heavy (non-hydrogen) atoms. The van der Waals surface area contributed by atoms with Crippen molar-refractivity contribution >= 4 is 17.6 Å². The van der Waals surface area contributed by atoms with Crippen LogP contribution in [-0.2, 0) is 16.0 Å². The summed E-state index contributed by atoms with van der Waals surface area (Å²) < 4.78 is 6.52. The fraction of sp³-hybridized carbons (Fsp3) is 0.217. The van der Waals surface area contributed by atoms with Gasteiger partial charge in [0, 0.05) is 23.4 Å². The van der Waals surface area contributed by atoms with Crippen LogP contribution >= 0.6 is 0 Å². The van der Waals surface area contributed by atoms with Crippen molar-refractivity contribution in [3.63, 3.8) is 0 Å². The van der Waals surface area contributed by atoms with Gasteiger partial charge in [-0.25, -0.2) is 4.68 Å². The highest BCUT2D eigenvalue weighted by Crippen LogP contribution is 2.20. The van der Waals surface area contributed by atoms with Gasteiger partial charge in [-0.3, -0.25) is 9.59 Å². The first-order chi connectivity index (χ1) is 14.4. The fourth-order valence-electron chi connectivity index (χ4n) is 3.24. The monoisotopic (exact) mass is 402 g/mol. The van der Waals surface area contributed by atoms with E-state index in [4.69, 9.17) is 10.00 Å². The number of anilines is 1. The summed E-state index contributed by atoms with van der Waals surface area (Å²) in [4.78, 5) is 24.0. The molecule has 1 aromatic heterocycles. The number of methoxy groups -OCH3 is 1. The van der Waals surface area contributed by atoms with Crippen molar-refractivity contribution in [2.75, 3.05) is 12.4 Å². The maximum Gasteiger partial charge on any atom is 0.305 e.